The molecule has 0 spiro atoms. The first-order valence-corrected chi connectivity index (χ1v) is 7.11. The topological polar surface area (TPSA) is 29.3 Å². The predicted molar refractivity (Wildman–Crippen MR) is 79.5 cm³/mol. The Bertz CT molecular complexity index is 360. The lowest BCUT2D eigenvalue weighted by atomic mass is 10.0. The van der Waals surface area contributed by atoms with E-state index >= 15 is 0 Å². The van der Waals surface area contributed by atoms with Crippen LogP contribution >= 0.6 is 0 Å². The van der Waals surface area contributed by atoms with Crippen LogP contribution in [0.4, 0.5) is 0 Å². The van der Waals surface area contributed by atoms with Gasteiger partial charge in [-0.3, -0.25) is 4.90 Å². The summed E-state index contributed by atoms with van der Waals surface area (Å²) in [7, 11) is 0. The molecule has 102 valence electrons. The fraction of sp³-hybridized carbons (Fsp3) is 0.625. The van der Waals surface area contributed by atoms with E-state index in [0.717, 1.165) is 19.0 Å². The van der Waals surface area contributed by atoms with Crippen molar-refractivity contribution in [2.24, 2.45) is 11.7 Å². The lowest BCUT2D eigenvalue weighted by Gasteiger charge is -2.24. The van der Waals surface area contributed by atoms with E-state index < -0.39 is 0 Å². The largest absolute Gasteiger partial charge is 0.326 e. The van der Waals surface area contributed by atoms with Crippen molar-refractivity contribution in [3.63, 3.8) is 0 Å². The van der Waals surface area contributed by atoms with Crippen molar-refractivity contribution in [2.45, 2.75) is 47.2 Å². The van der Waals surface area contributed by atoms with E-state index in [1.165, 1.54) is 29.7 Å². The van der Waals surface area contributed by atoms with Crippen molar-refractivity contribution in [3.05, 3.63) is 34.9 Å². The SMILES string of the molecule is CCC(C)CN(CC)Cc1ccc(CN)cc1C. The first-order chi connectivity index (χ1) is 8.60. The third kappa shape index (κ3) is 4.43. The lowest BCUT2D eigenvalue weighted by molar-refractivity contribution is 0.237. The lowest BCUT2D eigenvalue weighted by Crippen LogP contribution is -2.28. The standard InChI is InChI=1S/C16H28N2/c1-5-13(3)11-18(6-2)12-16-8-7-15(10-17)9-14(16)4/h7-9,13H,5-6,10-12,17H2,1-4H3. The molecule has 2 N–H and O–H groups in total. The van der Waals surface area contributed by atoms with Gasteiger partial charge >= 0.3 is 0 Å². The highest BCUT2D eigenvalue weighted by Gasteiger charge is 2.09. The number of aryl methyl sites for hydroxylation is 1. The Morgan fingerprint density at radius 2 is 2.00 bits per heavy atom. The Morgan fingerprint density at radius 1 is 1.28 bits per heavy atom. The fourth-order valence-corrected chi connectivity index (χ4v) is 2.18. The summed E-state index contributed by atoms with van der Waals surface area (Å²) in [4.78, 5) is 2.53. The molecule has 0 aliphatic rings. The summed E-state index contributed by atoms with van der Waals surface area (Å²) in [6.07, 6.45) is 1.25. The van der Waals surface area contributed by atoms with Crippen molar-refractivity contribution in [1.29, 1.82) is 0 Å². The van der Waals surface area contributed by atoms with Crippen LogP contribution in [0.3, 0.4) is 0 Å². The zero-order valence-electron chi connectivity index (χ0n) is 12.4. The second-order valence-electron chi connectivity index (χ2n) is 5.31. The molecule has 1 atom stereocenters. The summed E-state index contributed by atoms with van der Waals surface area (Å²) in [5.41, 5.74) is 9.68. The van der Waals surface area contributed by atoms with Crippen molar-refractivity contribution in [3.8, 4) is 0 Å². The quantitative estimate of drug-likeness (QED) is 0.802. The molecule has 0 radical (unpaired) electrons. The highest BCUT2D eigenvalue weighted by atomic mass is 15.1. The molecule has 18 heavy (non-hydrogen) atoms. The van der Waals surface area contributed by atoms with Crippen LogP contribution in [0.2, 0.25) is 0 Å². The Hall–Kier alpha value is -0.860. The van der Waals surface area contributed by atoms with E-state index in [-0.39, 0.29) is 0 Å². The number of hydrogen-bond donors (Lipinski definition) is 1. The van der Waals surface area contributed by atoms with Crippen LogP contribution in [-0.4, -0.2) is 18.0 Å². The Morgan fingerprint density at radius 3 is 2.50 bits per heavy atom. The van der Waals surface area contributed by atoms with Crippen molar-refractivity contribution in [2.75, 3.05) is 13.1 Å². The zero-order valence-corrected chi connectivity index (χ0v) is 12.4. The van der Waals surface area contributed by atoms with Gasteiger partial charge < -0.3 is 5.73 Å². The minimum Gasteiger partial charge on any atom is -0.326 e. The van der Waals surface area contributed by atoms with Crippen molar-refractivity contribution in [1.82, 2.24) is 4.90 Å². The molecule has 0 amide bonds. The summed E-state index contributed by atoms with van der Waals surface area (Å²) >= 11 is 0. The van der Waals surface area contributed by atoms with Gasteiger partial charge in [0.2, 0.25) is 0 Å². The van der Waals surface area contributed by atoms with E-state index in [1.54, 1.807) is 0 Å². The predicted octanol–water partition coefficient (Wildman–Crippen LogP) is 3.32. The first-order valence-electron chi connectivity index (χ1n) is 7.11. The van der Waals surface area contributed by atoms with E-state index in [0.29, 0.717) is 6.54 Å². The maximum absolute atomic E-state index is 5.67. The maximum atomic E-state index is 5.67. The monoisotopic (exact) mass is 248 g/mol. The van der Waals surface area contributed by atoms with E-state index in [2.05, 4.69) is 50.8 Å². The van der Waals surface area contributed by atoms with Crippen LogP contribution in [0, 0.1) is 12.8 Å². The van der Waals surface area contributed by atoms with Gasteiger partial charge in [0.15, 0.2) is 0 Å². The summed E-state index contributed by atoms with van der Waals surface area (Å²) in [6, 6.07) is 6.60. The van der Waals surface area contributed by atoms with Crippen LogP contribution in [-0.2, 0) is 13.1 Å². The molecule has 0 aliphatic heterocycles. The minimum atomic E-state index is 0.630. The van der Waals surface area contributed by atoms with Crippen LogP contribution in [0.15, 0.2) is 18.2 Å². The molecule has 0 saturated carbocycles. The van der Waals surface area contributed by atoms with Gasteiger partial charge in [-0.05, 0) is 36.1 Å². The minimum absolute atomic E-state index is 0.630. The molecule has 0 aliphatic carbocycles. The highest BCUT2D eigenvalue weighted by molar-refractivity contribution is 5.30. The number of nitrogens with two attached hydrogens (primary N) is 1. The van der Waals surface area contributed by atoms with Gasteiger partial charge in [0.25, 0.3) is 0 Å². The summed E-state index contributed by atoms with van der Waals surface area (Å²) in [6.45, 7) is 13.0. The second kappa shape index (κ2) is 7.55. The molecule has 0 bridgehead atoms. The van der Waals surface area contributed by atoms with E-state index in [1.807, 2.05) is 0 Å². The highest BCUT2D eigenvalue weighted by Crippen LogP contribution is 2.15. The molecule has 1 aromatic carbocycles. The number of nitrogens with zero attached hydrogens (tertiary/aromatic N) is 1. The van der Waals surface area contributed by atoms with Gasteiger partial charge in [-0.2, -0.15) is 0 Å². The molecule has 1 unspecified atom stereocenters. The van der Waals surface area contributed by atoms with Gasteiger partial charge in [-0.1, -0.05) is 45.4 Å². The summed E-state index contributed by atoms with van der Waals surface area (Å²) < 4.78 is 0. The normalized spacial score (nSPS) is 13.0. The second-order valence-corrected chi connectivity index (χ2v) is 5.31. The molecular formula is C16H28N2. The number of hydrogen-bond acceptors (Lipinski definition) is 2. The fourth-order valence-electron chi connectivity index (χ4n) is 2.18. The van der Waals surface area contributed by atoms with Crippen molar-refractivity contribution >= 4 is 0 Å². The van der Waals surface area contributed by atoms with Crippen LogP contribution < -0.4 is 5.73 Å². The molecule has 0 saturated heterocycles. The van der Waals surface area contributed by atoms with Crippen molar-refractivity contribution < 1.29 is 0 Å². The first kappa shape index (κ1) is 15.2. The van der Waals surface area contributed by atoms with Crippen LogP contribution in [0.5, 0.6) is 0 Å². The molecule has 1 rings (SSSR count). The van der Waals surface area contributed by atoms with Gasteiger partial charge in [0.05, 0.1) is 0 Å². The Labute approximate surface area is 112 Å². The van der Waals surface area contributed by atoms with Crippen LogP contribution in [0.25, 0.3) is 0 Å². The number of rotatable bonds is 7. The average molecular weight is 248 g/mol. The Balaban J connectivity index is 2.69. The molecule has 2 nitrogen and oxygen atoms in total. The van der Waals surface area contributed by atoms with E-state index in [4.69, 9.17) is 5.73 Å². The summed E-state index contributed by atoms with van der Waals surface area (Å²) in [5.74, 6) is 0.772. The molecule has 2 heteroatoms. The van der Waals surface area contributed by atoms with Crippen LogP contribution in [0.1, 0.15) is 43.9 Å². The van der Waals surface area contributed by atoms with Gasteiger partial charge in [0.1, 0.15) is 0 Å². The molecule has 0 aromatic heterocycles. The smallest absolute Gasteiger partial charge is 0.0236 e. The average Bonchev–Trinajstić information content (AvgIpc) is 2.39. The molecule has 0 heterocycles. The number of benzene rings is 1. The molecular weight excluding hydrogens is 220 g/mol. The van der Waals surface area contributed by atoms with Gasteiger partial charge in [-0.25, -0.2) is 0 Å². The Kier molecular flexibility index (Phi) is 6.37. The van der Waals surface area contributed by atoms with E-state index in [9.17, 15) is 0 Å². The molecule has 0 fully saturated rings. The summed E-state index contributed by atoms with van der Waals surface area (Å²) in [5, 5.41) is 0. The maximum Gasteiger partial charge on any atom is 0.0236 e. The van der Waals surface area contributed by atoms with Gasteiger partial charge in [-0.15, -0.1) is 0 Å². The third-order valence-electron chi connectivity index (χ3n) is 3.75. The zero-order chi connectivity index (χ0) is 13.5. The molecule has 1 aromatic rings. The van der Waals surface area contributed by atoms with Gasteiger partial charge in [0, 0.05) is 19.6 Å². The third-order valence-corrected chi connectivity index (χ3v) is 3.75.